The second-order valence-corrected chi connectivity index (χ2v) is 7.22. The fourth-order valence-corrected chi connectivity index (χ4v) is 3.76. The Morgan fingerprint density at radius 2 is 1.61 bits per heavy atom. The SMILES string of the molecule is C=CC(=O)N1CCC(C(=O)NCC(=O)N2CCN(c3ccccc3)CC2)CC1. The van der Waals surface area contributed by atoms with E-state index in [-0.39, 0.29) is 30.2 Å². The van der Waals surface area contributed by atoms with E-state index < -0.39 is 0 Å². The van der Waals surface area contributed by atoms with Gasteiger partial charge in [-0.2, -0.15) is 0 Å². The summed E-state index contributed by atoms with van der Waals surface area (Å²) >= 11 is 0. The number of rotatable bonds is 5. The topological polar surface area (TPSA) is 73.0 Å². The number of piperazine rings is 1. The van der Waals surface area contributed by atoms with Crippen molar-refractivity contribution in [2.75, 3.05) is 50.7 Å². The van der Waals surface area contributed by atoms with E-state index in [9.17, 15) is 14.4 Å². The van der Waals surface area contributed by atoms with Crippen LogP contribution in [0.5, 0.6) is 0 Å². The van der Waals surface area contributed by atoms with E-state index in [1.165, 1.54) is 11.8 Å². The first-order valence-electron chi connectivity index (χ1n) is 9.85. The van der Waals surface area contributed by atoms with Crippen molar-refractivity contribution in [2.45, 2.75) is 12.8 Å². The Labute approximate surface area is 166 Å². The van der Waals surface area contributed by atoms with Crippen LogP contribution in [0.4, 0.5) is 5.69 Å². The second kappa shape index (κ2) is 9.39. The number of nitrogens with zero attached hydrogens (tertiary/aromatic N) is 3. The molecule has 1 N–H and O–H groups in total. The zero-order chi connectivity index (χ0) is 19.9. The molecule has 1 aromatic rings. The Morgan fingerprint density at radius 1 is 0.964 bits per heavy atom. The molecule has 0 aromatic heterocycles. The fourth-order valence-electron chi connectivity index (χ4n) is 3.76. The lowest BCUT2D eigenvalue weighted by Gasteiger charge is -2.36. The van der Waals surface area contributed by atoms with Crippen molar-refractivity contribution in [1.82, 2.24) is 15.1 Å². The molecule has 7 heteroatoms. The maximum atomic E-state index is 12.4. The van der Waals surface area contributed by atoms with Crippen LogP contribution in [-0.4, -0.2) is 73.3 Å². The fraction of sp³-hybridized carbons (Fsp3) is 0.476. The van der Waals surface area contributed by atoms with Gasteiger partial charge in [0.2, 0.25) is 17.7 Å². The molecule has 150 valence electrons. The highest BCUT2D eigenvalue weighted by Crippen LogP contribution is 2.18. The molecule has 0 spiro atoms. The molecule has 2 heterocycles. The van der Waals surface area contributed by atoms with E-state index in [2.05, 4.69) is 28.9 Å². The van der Waals surface area contributed by atoms with Gasteiger partial charge in [-0.25, -0.2) is 0 Å². The minimum absolute atomic E-state index is 0.0377. The summed E-state index contributed by atoms with van der Waals surface area (Å²) in [5, 5.41) is 2.78. The Morgan fingerprint density at radius 3 is 2.21 bits per heavy atom. The standard InChI is InChI=1S/C21H28N4O3/c1-2-19(26)24-10-8-17(9-11-24)21(28)22-16-20(27)25-14-12-23(13-15-25)18-6-4-3-5-7-18/h2-7,17H,1,8-16H2,(H,22,28). The van der Waals surface area contributed by atoms with Crippen LogP contribution in [0.1, 0.15) is 12.8 Å². The van der Waals surface area contributed by atoms with Crippen LogP contribution >= 0.6 is 0 Å². The number of hydrogen-bond acceptors (Lipinski definition) is 4. The van der Waals surface area contributed by atoms with Crippen molar-refractivity contribution < 1.29 is 14.4 Å². The number of hydrogen-bond donors (Lipinski definition) is 1. The minimum atomic E-state index is -0.142. The summed E-state index contributed by atoms with van der Waals surface area (Å²) in [6.07, 6.45) is 2.54. The molecule has 2 fully saturated rings. The number of benzene rings is 1. The molecule has 2 aliphatic rings. The van der Waals surface area contributed by atoms with Gasteiger partial charge in [-0.3, -0.25) is 14.4 Å². The van der Waals surface area contributed by atoms with Crippen molar-refractivity contribution in [3.63, 3.8) is 0 Å². The molecule has 3 rings (SSSR count). The predicted octanol–water partition coefficient (Wildman–Crippen LogP) is 0.876. The number of para-hydroxylation sites is 1. The number of likely N-dealkylation sites (tertiary alicyclic amines) is 1. The van der Waals surface area contributed by atoms with Gasteiger partial charge in [0.15, 0.2) is 0 Å². The first-order chi connectivity index (χ1) is 13.6. The molecule has 2 aliphatic heterocycles. The van der Waals surface area contributed by atoms with Crippen LogP contribution in [0.25, 0.3) is 0 Å². The van der Waals surface area contributed by atoms with Crippen molar-refractivity contribution in [2.24, 2.45) is 5.92 Å². The first kappa shape index (κ1) is 19.9. The maximum Gasteiger partial charge on any atom is 0.245 e. The van der Waals surface area contributed by atoms with Gasteiger partial charge in [-0.15, -0.1) is 0 Å². The van der Waals surface area contributed by atoms with Crippen LogP contribution in [0.15, 0.2) is 43.0 Å². The number of nitrogens with one attached hydrogen (secondary N) is 1. The molecule has 2 saturated heterocycles. The van der Waals surface area contributed by atoms with Crippen molar-refractivity contribution in [3.05, 3.63) is 43.0 Å². The van der Waals surface area contributed by atoms with Crippen LogP contribution in [-0.2, 0) is 14.4 Å². The van der Waals surface area contributed by atoms with E-state index >= 15 is 0 Å². The minimum Gasteiger partial charge on any atom is -0.368 e. The predicted molar refractivity (Wildman–Crippen MR) is 108 cm³/mol. The summed E-state index contributed by atoms with van der Waals surface area (Å²) in [6.45, 7) is 7.53. The van der Waals surface area contributed by atoms with Gasteiger partial charge in [0.05, 0.1) is 6.54 Å². The smallest absolute Gasteiger partial charge is 0.245 e. The number of piperidine rings is 1. The van der Waals surface area contributed by atoms with Gasteiger partial charge >= 0.3 is 0 Å². The lowest BCUT2D eigenvalue weighted by Crippen LogP contribution is -2.52. The second-order valence-electron chi connectivity index (χ2n) is 7.22. The largest absolute Gasteiger partial charge is 0.368 e. The summed E-state index contributed by atoms with van der Waals surface area (Å²) in [7, 11) is 0. The van der Waals surface area contributed by atoms with E-state index in [4.69, 9.17) is 0 Å². The summed E-state index contributed by atoms with van der Waals surface area (Å²) in [5.74, 6) is -0.373. The number of anilines is 1. The molecule has 0 radical (unpaired) electrons. The van der Waals surface area contributed by atoms with Crippen molar-refractivity contribution in [1.29, 1.82) is 0 Å². The van der Waals surface area contributed by atoms with E-state index in [1.807, 2.05) is 23.1 Å². The maximum absolute atomic E-state index is 12.4. The van der Waals surface area contributed by atoms with Gasteiger partial charge in [-0.05, 0) is 31.1 Å². The van der Waals surface area contributed by atoms with Gasteiger partial charge in [0, 0.05) is 50.9 Å². The molecule has 1 aromatic carbocycles. The molecule has 7 nitrogen and oxygen atoms in total. The molecule has 0 atom stereocenters. The third kappa shape index (κ3) is 4.91. The van der Waals surface area contributed by atoms with Crippen LogP contribution in [0, 0.1) is 5.92 Å². The first-order valence-corrected chi connectivity index (χ1v) is 9.85. The molecule has 0 bridgehead atoms. The van der Waals surface area contributed by atoms with Crippen LogP contribution in [0.2, 0.25) is 0 Å². The molecule has 0 unspecified atom stereocenters. The van der Waals surface area contributed by atoms with Gasteiger partial charge in [0.1, 0.15) is 0 Å². The highest BCUT2D eigenvalue weighted by atomic mass is 16.2. The van der Waals surface area contributed by atoms with E-state index in [0.717, 1.165) is 13.1 Å². The normalized spacial score (nSPS) is 17.9. The molecule has 0 aliphatic carbocycles. The van der Waals surface area contributed by atoms with E-state index in [1.54, 1.807) is 4.90 Å². The number of amides is 3. The lowest BCUT2D eigenvalue weighted by atomic mass is 9.96. The Balaban J connectivity index is 1.38. The molecular formula is C21H28N4O3. The Kier molecular flexibility index (Phi) is 6.68. The quantitative estimate of drug-likeness (QED) is 0.765. The summed E-state index contributed by atoms with van der Waals surface area (Å²) in [4.78, 5) is 42.2. The van der Waals surface area contributed by atoms with Gasteiger partial charge in [-0.1, -0.05) is 24.8 Å². The van der Waals surface area contributed by atoms with Crippen molar-refractivity contribution >= 4 is 23.4 Å². The zero-order valence-corrected chi connectivity index (χ0v) is 16.2. The number of carbonyl (C=O) groups is 3. The summed E-state index contributed by atoms with van der Waals surface area (Å²) in [6, 6.07) is 10.2. The van der Waals surface area contributed by atoms with Crippen molar-refractivity contribution in [3.8, 4) is 0 Å². The number of carbonyl (C=O) groups excluding carboxylic acids is 3. The highest BCUT2D eigenvalue weighted by molar-refractivity contribution is 5.88. The van der Waals surface area contributed by atoms with E-state index in [0.29, 0.717) is 39.0 Å². The lowest BCUT2D eigenvalue weighted by molar-refractivity contribution is -0.135. The third-order valence-corrected chi connectivity index (χ3v) is 5.52. The summed E-state index contributed by atoms with van der Waals surface area (Å²) < 4.78 is 0. The van der Waals surface area contributed by atoms with Crippen LogP contribution < -0.4 is 10.2 Å². The highest BCUT2D eigenvalue weighted by Gasteiger charge is 2.27. The van der Waals surface area contributed by atoms with Gasteiger partial charge in [0.25, 0.3) is 0 Å². The molecule has 0 saturated carbocycles. The third-order valence-electron chi connectivity index (χ3n) is 5.52. The van der Waals surface area contributed by atoms with Gasteiger partial charge < -0.3 is 20.0 Å². The molecule has 28 heavy (non-hydrogen) atoms. The monoisotopic (exact) mass is 384 g/mol. The molecule has 3 amide bonds. The Hall–Kier alpha value is -2.83. The summed E-state index contributed by atoms with van der Waals surface area (Å²) in [5.41, 5.74) is 1.17. The molecular weight excluding hydrogens is 356 g/mol. The average Bonchev–Trinajstić information content (AvgIpc) is 2.77. The Bertz CT molecular complexity index is 706. The zero-order valence-electron chi connectivity index (χ0n) is 16.2. The average molecular weight is 384 g/mol. The van der Waals surface area contributed by atoms with Crippen LogP contribution in [0.3, 0.4) is 0 Å².